The molecule has 0 atom stereocenters. The third-order valence-electron chi connectivity index (χ3n) is 3.21. The maximum Gasteiger partial charge on any atom is 0.230 e. The van der Waals surface area contributed by atoms with Crippen LogP contribution in [0.25, 0.3) is 0 Å². The molecule has 0 spiro atoms. The second-order valence-electron chi connectivity index (χ2n) is 5.08. The summed E-state index contributed by atoms with van der Waals surface area (Å²) in [5.74, 6) is 1.32. The first-order valence-corrected chi connectivity index (χ1v) is 11.4. The van der Waals surface area contributed by atoms with Crippen molar-refractivity contribution in [2.24, 2.45) is 0 Å². The van der Waals surface area contributed by atoms with E-state index in [4.69, 9.17) is 0 Å². The summed E-state index contributed by atoms with van der Waals surface area (Å²) in [6.45, 7) is 0.654. The Labute approximate surface area is 163 Å². The van der Waals surface area contributed by atoms with Crippen LogP contribution in [0.4, 0.5) is 0 Å². The van der Waals surface area contributed by atoms with Gasteiger partial charge in [0, 0.05) is 17.2 Å². The number of hydrogen-bond acceptors (Lipinski definition) is 7. The molecule has 3 rings (SSSR count). The standard InChI is InChI=1S/C17H17N3OS4/c21-15(18-9-8-13-5-2-1-3-6-13)12-24-17-20-19-16(25-17)23-11-14-7-4-10-22-14/h1-7,10H,8-9,11-12H2,(H,18,21). The Hall–Kier alpha value is -1.35. The molecular weight excluding hydrogens is 390 g/mol. The van der Waals surface area contributed by atoms with Crippen LogP contribution in [-0.4, -0.2) is 28.4 Å². The van der Waals surface area contributed by atoms with E-state index in [-0.39, 0.29) is 5.91 Å². The summed E-state index contributed by atoms with van der Waals surface area (Å²) in [6, 6.07) is 14.3. The van der Waals surface area contributed by atoms with Gasteiger partial charge < -0.3 is 5.32 Å². The molecule has 3 aromatic rings. The van der Waals surface area contributed by atoms with Crippen LogP contribution >= 0.6 is 46.2 Å². The molecule has 2 heterocycles. The first-order valence-electron chi connectivity index (χ1n) is 7.72. The molecule has 0 radical (unpaired) electrons. The predicted molar refractivity (Wildman–Crippen MR) is 108 cm³/mol. The van der Waals surface area contributed by atoms with E-state index in [9.17, 15) is 4.79 Å². The summed E-state index contributed by atoms with van der Waals surface area (Å²) in [7, 11) is 0. The maximum atomic E-state index is 11.9. The SMILES string of the molecule is O=C(CSc1nnc(SCc2cccs2)s1)NCCc1ccccc1. The monoisotopic (exact) mass is 407 g/mol. The molecule has 0 saturated heterocycles. The Balaban J connectivity index is 1.34. The molecule has 1 N–H and O–H groups in total. The van der Waals surface area contributed by atoms with Crippen molar-refractivity contribution in [2.75, 3.05) is 12.3 Å². The number of carbonyl (C=O) groups is 1. The van der Waals surface area contributed by atoms with Gasteiger partial charge in [0.05, 0.1) is 5.75 Å². The number of hydrogen-bond donors (Lipinski definition) is 1. The highest BCUT2D eigenvalue weighted by Gasteiger charge is 2.09. The number of carbonyl (C=O) groups excluding carboxylic acids is 1. The Morgan fingerprint density at radius 2 is 1.84 bits per heavy atom. The van der Waals surface area contributed by atoms with E-state index in [0.29, 0.717) is 12.3 Å². The molecule has 0 aliphatic carbocycles. The van der Waals surface area contributed by atoms with Crippen LogP contribution in [0.5, 0.6) is 0 Å². The topological polar surface area (TPSA) is 54.9 Å². The minimum absolute atomic E-state index is 0.0314. The van der Waals surface area contributed by atoms with Crippen molar-refractivity contribution >= 4 is 52.1 Å². The number of benzene rings is 1. The van der Waals surface area contributed by atoms with Crippen LogP contribution in [0.3, 0.4) is 0 Å². The Bertz CT molecular complexity index is 774. The summed E-state index contributed by atoms with van der Waals surface area (Å²) in [5.41, 5.74) is 1.23. The lowest BCUT2D eigenvalue weighted by Gasteiger charge is -2.04. The molecule has 2 aromatic heterocycles. The summed E-state index contributed by atoms with van der Waals surface area (Å²) in [5, 5.41) is 13.4. The average Bonchev–Trinajstić information content (AvgIpc) is 3.31. The van der Waals surface area contributed by atoms with Crippen LogP contribution in [0.2, 0.25) is 0 Å². The van der Waals surface area contributed by atoms with Gasteiger partial charge in [0.15, 0.2) is 8.68 Å². The number of rotatable bonds is 9. The average molecular weight is 408 g/mol. The minimum Gasteiger partial charge on any atom is -0.355 e. The second kappa shape index (κ2) is 9.96. The van der Waals surface area contributed by atoms with Gasteiger partial charge in [-0.05, 0) is 23.4 Å². The summed E-state index contributed by atoms with van der Waals surface area (Å²) in [4.78, 5) is 13.2. The van der Waals surface area contributed by atoms with Crippen LogP contribution in [-0.2, 0) is 17.0 Å². The molecule has 25 heavy (non-hydrogen) atoms. The number of nitrogens with zero attached hydrogens (tertiary/aromatic N) is 2. The van der Waals surface area contributed by atoms with Gasteiger partial charge in [0.1, 0.15) is 0 Å². The van der Waals surface area contributed by atoms with E-state index in [1.165, 1.54) is 22.2 Å². The molecule has 1 aromatic carbocycles. The van der Waals surface area contributed by atoms with Gasteiger partial charge in [-0.2, -0.15) is 0 Å². The first kappa shape index (κ1) is 18.4. The zero-order valence-electron chi connectivity index (χ0n) is 13.4. The Morgan fingerprint density at radius 1 is 1.04 bits per heavy atom. The van der Waals surface area contributed by atoms with E-state index < -0.39 is 0 Å². The van der Waals surface area contributed by atoms with E-state index >= 15 is 0 Å². The minimum atomic E-state index is 0.0314. The third kappa shape index (κ3) is 6.47. The highest BCUT2D eigenvalue weighted by atomic mass is 32.2. The number of nitrogens with one attached hydrogen (secondary N) is 1. The van der Waals surface area contributed by atoms with Crippen molar-refractivity contribution in [3.8, 4) is 0 Å². The molecule has 0 bridgehead atoms. The highest BCUT2D eigenvalue weighted by molar-refractivity contribution is 8.03. The molecule has 0 unspecified atom stereocenters. The van der Waals surface area contributed by atoms with Gasteiger partial charge in [-0.15, -0.1) is 21.5 Å². The molecule has 130 valence electrons. The molecule has 4 nitrogen and oxygen atoms in total. The quantitative estimate of drug-likeness (QED) is 0.535. The lowest BCUT2D eigenvalue weighted by Crippen LogP contribution is -2.27. The second-order valence-corrected chi connectivity index (χ2v) is 9.53. The zero-order chi connectivity index (χ0) is 17.3. The van der Waals surface area contributed by atoms with Gasteiger partial charge in [0.25, 0.3) is 0 Å². The van der Waals surface area contributed by atoms with Gasteiger partial charge in [-0.3, -0.25) is 4.79 Å². The first-order chi connectivity index (χ1) is 12.3. The fraction of sp³-hybridized carbons (Fsp3) is 0.235. The Morgan fingerprint density at radius 3 is 2.60 bits per heavy atom. The summed E-state index contributed by atoms with van der Waals surface area (Å²) < 4.78 is 1.78. The van der Waals surface area contributed by atoms with Gasteiger partial charge in [-0.25, -0.2) is 0 Å². The van der Waals surface area contributed by atoms with Crippen molar-refractivity contribution in [2.45, 2.75) is 20.9 Å². The molecule has 8 heteroatoms. The van der Waals surface area contributed by atoms with Crippen LogP contribution in [0, 0.1) is 0 Å². The summed E-state index contributed by atoms with van der Waals surface area (Å²) >= 11 is 6.42. The van der Waals surface area contributed by atoms with E-state index in [0.717, 1.165) is 20.9 Å². The highest BCUT2D eigenvalue weighted by Crippen LogP contribution is 2.31. The number of amides is 1. The fourth-order valence-corrected chi connectivity index (χ4v) is 5.63. The van der Waals surface area contributed by atoms with Crippen molar-refractivity contribution in [3.05, 3.63) is 58.3 Å². The molecule has 0 aliphatic heterocycles. The largest absolute Gasteiger partial charge is 0.355 e. The van der Waals surface area contributed by atoms with Crippen molar-refractivity contribution in [1.29, 1.82) is 0 Å². The van der Waals surface area contributed by atoms with Crippen LogP contribution in [0.15, 0.2) is 56.5 Å². The molecule has 0 aliphatic rings. The van der Waals surface area contributed by atoms with Gasteiger partial charge >= 0.3 is 0 Å². The third-order valence-corrected chi connectivity index (χ3v) is 7.51. The number of thiophene rings is 1. The summed E-state index contributed by atoms with van der Waals surface area (Å²) in [6.07, 6.45) is 0.847. The zero-order valence-corrected chi connectivity index (χ0v) is 16.6. The molecular formula is C17H17N3OS4. The molecule has 0 fully saturated rings. The lowest BCUT2D eigenvalue weighted by molar-refractivity contribution is -0.118. The van der Waals surface area contributed by atoms with Crippen molar-refractivity contribution < 1.29 is 4.79 Å². The lowest BCUT2D eigenvalue weighted by atomic mass is 10.1. The normalized spacial score (nSPS) is 10.7. The van der Waals surface area contributed by atoms with Crippen molar-refractivity contribution in [3.63, 3.8) is 0 Å². The number of thioether (sulfide) groups is 2. The smallest absolute Gasteiger partial charge is 0.230 e. The molecule has 0 saturated carbocycles. The Kier molecular flexibility index (Phi) is 7.35. The predicted octanol–water partition coefficient (Wildman–Crippen LogP) is 4.34. The van der Waals surface area contributed by atoms with Crippen molar-refractivity contribution in [1.82, 2.24) is 15.5 Å². The fourth-order valence-electron chi connectivity index (χ4n) is 2.01. The van der Waals surface area contributed by atoms with E-state index in [2.05, 4.69) is 45.2 Å². The molecule has 1 amide bonds. The van der Waals surface area contributed by atoms with E-state index in [1.54, 1.807) is 34.4 Å². The van der Waals surface area contributed by atoms with Gasteiger partial charge in [0.2, 0.25) is 5.91 Å². The van der Waals surface area contributed by atoms with Gasteiger partial charge in [-0.1, -0.05) is 71.3 Å². The van der Waals surface area contributed by atoms with E-state index in [1.807, 2.05) is 18.2 Å². The van der Waals surface area contributed by atoms with Crippen LogP contribution < -0.4 is 5.32 Å². The number of aromatic nitrogens is 2. The van der Waals surface area contributed by atoms with Crippen LogP contribution in [0.1, 0.15) is 10.4 Å². The maximum absolute atomic E-state index is 11.9.